The van der Waals surface area contributed by atoms with Crippen LogP contribution in [0.4, 0.5) is 0 Å². The smallest absolute Gasteiger partial charge is 0.218 e. The van der Waals surface area contributed by atoms with Gasteiger partial charge in [-0.2, -0.15) is 4.31 Å². The molecule has 1 atom stereocenters. The number of hydrogen-bond acceptors (Lipinski definition) is 4. The molecule has 6 heteroatoms. The van der Waals surface area contributed by atoms with Gasteiger partial charge in [-0.1, -0.05) is 30.3 Å². The van der Waals surface area contributed by atoms with Crippen molar-refractivity contribution in [3.8, 4) is 11.5 Å². The van der Waals surface area contributed by atoms with E-state index in [9.17, 15) is 8.42 Å². The zero-order valence-electron chi connectivity index (χ0n) is 14.7. The normalized spacial score (nSPS) is 17.8. The fraction of sp³-hybridized carbons (Fsp3) is 0.368. The van der Waals surface area contributed by atoms with Crippen molar-refractivity contribution in [2.24, 2.45) is 0 Å². The second-order valence-electron chi connectivity index (χ2n) is 6.18. The second kappa shape index (κ2) is 7.06. The van der Waals surface area contributed by atoms with E-state index >= 15 is 0 Å². The van der Waals surface area contributed by atoms with Gasteiger partial charge in [0.1, 0.15) is 0 Å². The monoisotopic (exact) mass is 361 g/mol. The molecule has 1 unspecified atom stereocenters. The number of fused-ring (bicyclic) bond motifs is 1. The van der Waals surface area contributed by atoms with Gasteiger partial charge in [0.25, 0.3) is 0 Å². The van der Waals surface area contributed by atoms with E-state index in [2.05, 4.69) is 0 Å². The van der Waals surface area contributed by atoms with Crippen LogP contribution in [0.2, 0.25) is 0 Å². The first-order valence-corrected chi connectivity index (χ1v) is 9.85. The van der Waals surface area contributed by atoms with E-state index in [0.717, 1.165) is 16.7 Å². The molecule has 134 valence electrons. The van der Waals surface area contributed by atoms with Crippen molar-refractivity contribution in [1.82, 2.24) is 4.31 Å². The zero-order valence-corrected chi connectivity index (χ0v) is 15.5. The SMILES string of the molecule is COc1cc2c(cc1OC)C(C)N(S(=O)(=O)Cc1ccccc1)CC2. The van der Waals surface area contributed by atoms with Gasteiger partial charge in [0, 0.05) is 12.6 Å². The third kappa shape index (κ3) is 3.50. The Hall–Kier alpha value is -2.05. The molecule has 5 nitrogen and oxygen atoms in total. The lowest BCUT2D eigenvalue weighted by Crippen LogP contribution is -2.39. The average Bonchev–Trinajstić information content (AvgIpc) is 2.61. The van der Waals surface area contributed by atoms with Crippen LogP contribution in [0, 0.1) is 0 Å². The highest BCUT2D eigenvalue weighted by Gasteiger charge is 2.33. The quantitative estimate of drug-likeness (QED) is 0.821. The third-order valence-corrected chi connectivity index (χ3v) is 6.59. The number of hydrogen-bond donors (Lipinski definition) is 0. The van der Waals surface area contributed by atoms with Gasteiger partial charge in [0.05, 0.1) is 20.0 Å². The first-order valence-electron chi connectivity index (χ1n) is 8.24. The molecule has 2 aromatic rings. The van der Waals surface area contributed by atoms with Crippen LogP contribution in [0.3, 0.4) is 0 Å². The summed E-state index contributed by atoms with van der Waals surface area (Å²) in [6.45, 7) is 2.39. The van der Waals surface area contributed by atoms with E-state index in [1.54, 1.807) is 18.5 Å². The third-order valence-electron chi connectivity index (χ3n) is 4.68. The minimum absolute atomic E-state index is 0.0147. The highest BCUT2D eigenvalue weighted by molar-refractivity contribution is 7.88. The van der Waals surface area contributed by atoms with Gasteiger partial charge in [-0.25, -0.2) is 8.42 Å². The molecule has 1 heterocycles. The van der Waals surface area contributed by atoms with E-state index in [-0.39, 0.29) is 11.8 Å². The maximum Gasteiger partial charge on any atom is 0.218 e. The fourth-order valence-corrected chi connectivity index (χ4v) is 5.11. The van der Waals surface area contributed by atoms with Crippen LogP contribution in [0.15, 0.2) is 42.5 Å². The van der Waals surface area contributed by atoms with Crippen molar-refractivity contribution in [2.45, 2.75) is 25.1 Å². The molecule has 0 amide bonds. The summed E-state index contributed by atoms with van der Waals surface area (Å²) in [6, 6.07) is 12.9. The first-order chi connectivity index (χ1) is 12.0. The molecule has 0 radical (unpaired) electrons. The highest BCUT2D eigenvalue weighted by Crippen LogP contribution is 2.39. The molecule has 0 bridgehead atoms. The Morgan fingerprint density at radius 3 is 2.36 bits per heavy atom. The van der Waals surface area contributed by atoms with Crippen molar-refractivity contribution < 1.29 is 17.9 Å². The Kier molecular flexibility index (Phi) is 5.01. The molecule has 0 aliphatic carbocycles. The van der Waals surface area contributed by atoms with Crippen molar-refractivity contribution in [3.63, 3.8) is 0 Å². The Balaban J connectivity index is 1.91. The van der Waals surface area contributed by atoms with E-state index in [1.807, 2.05) is 49.4 Å². The van der Waals surface area contributed by atoms with Gasteiger partial charge in [-0.3, -0.25) is 0 Å². The summed E-state index contributed by atoms with van der Waals surface area (Å²) in [5, 5.41) is 0. The van der Waals surface area contributed by atoms with Crippen LogP contribution >= 0.6 is 0 Å². The lowest BCUT2D eigenvalue weighted by Gasteiger charge is -2.34. The lowest BCUT2D eigenvalue weighted by atomic mass is 9.94. The molecule has 1 aliphatic rings. The van der Waals surface area contributed by atoms with Crippen molar-refractivity contribution in [3.05, 3.63) is 59.2 Å². The molecular weight excluding hydrogens is 338 g/mol. The molecular formula is C19H23NO4S. The summed E-state index contributed by atoms with van der Waals surface area (Å²) in [6.07, 6.45) is 0.661. The van der Waals surface area contributed by atoms with Gasteiger partial charge < -0.3 is 9.47 Å². The van der Waals surface area contributed by atoms with Crippen LogP contribution in [-0.2, 0) is 22.2 Å². The van der Waals surface area contributed by atoms with Crippen molar-refractivity contribution in [1.29, 1.82) is 0 Å². The van der Waals surface area contributed by atoms with Gasteiger partial charge >= 0.3 is 0 Å². The number of methoxy groups -OCH3 is 2. The van der Waals surface area contributed by atoms with Gasteiger partial charge in [0.15, 0.2) is 11.5 Å². The van der Waals surface area contributed by atoms with Crippen LogP contribution < -0.4 is 9.47 Å². The summed E-state index contributed by atoms with van der Waals surface area (Å²) in [5.74, 6) is 1.31. The predicted molar refractivity (Wildman–Crippen MR) is 97.4 cm³/mol. The molecule has 0 saturated heterocycles. The summed E-state index contributed by atoms with van der Waals surface area (Å²) in [7, 11) is -0.213. The van der Waals surface area contributed by atoms with Crippen molar-refractivity contribution in [2.75, 3.05) is 20.8 Å². The fourth-order valence-electron chi connectivity index (χ4n) is 3.37. The maximum absolute atomic E-state index is 12.9. The molecule has 0 spiro atoms. The number of nitrogens with zero attached hydrogens (tertiary/aromatic N) is 1. The van der Waals surface area contributed by atoms with E-state index < -0.39 is 10.0 Å². The molecule has 0 fully saturated rings. The molecule has 0 N–H and O–H groups in total. The molecule has 2 aromatic carbocycles. The summed E-state index contributed by atoms with van der Waals surface area (Å²) in [4.78, 5) is 0. The Labute approximate surface area is 149 Å². The maximum atomic E-state index is 12.9. The summed E-state index contributed by atoms with van der Waals surface area (Å²) < 4.78 is 38.2. The Bertz CT molecular complexity index is 849. The molecule has 0 saturated carbocycles. The summed E-state index contributed by atoms with van der Waals surface area (Å²) >= 11 is 0. The summed E-state index contributed by atoms with van der Waals surface area (Å²) in [5.41, 5.74) is 2.88. The Morgan fingerprint density at radius 2 is 1.72 bits per heavy atom. The van der Waals surface area contributed by atoms with Crippen LogP contribution in [-0.4, -0.2) is 33.5 Å². The van der Waals surface area contributed by atoms with E-state index in [1.165, 1.54) is 0 Å². The van der Waals surface area contributed by atoms with Gasteiger partial charge in [-0.15, -0.1) is 0 Å². The van der Waals surface area contributed by atoms with E-state index in [4.69, 9.17) is 9.47 Å². The van der Waals surface area contributed by atoms with E-state index in [0.29, 0.717) is 24.5 Å². The molecule has 3 rings (SSSR count). The topological polar surface area (TPSA) is 55.8 Å². The first kappa shape index (κ1) is 17.8. The standard InChI is InChI=1S/C19H23NO4S/c1-14-17-12-19(24-3)18(23-2)11-16(17)9-10-20(14)25(21,22)13-15-7-5-4-6-8-15/h4-8,11-12,14H,9-10,13H2,1-3H3. The average molecular weight is 361 g/mol. The van der Waals surface area contributed by atoms with Crippen LogP contribution in [0.25, 0.3) is 0 Å². The van der Waals surface area contributed by atoms with Gasteiger partial charge in [-0.05, 0) is 42.2 Å². The van der Waals surface area contributed by atoms with Gasteiger partial charge in [0.2, 0.25) is 10.0 Å². The highest BCUT2D eigenvalue weighted by atomic mass is 32.2. The zero-order chi connectivity index (χ0) is 18.0. The molecule has 25 heavy (non-hydrogen) atoms. The molecule has 1 aliphatic heterocycles. The molecule has 0 aromatic heterocycles. The largest absolute Gasteiger partial charge is 0.493 e. The van der Waals surface area contributed by atoms with Crippen molar-refractivity contribution >= 4 is 10.0 Å². The van der Waals surface area contributed by atoms with Crippen LogP contribution in [0.1, 0.15) is 29.7 Å². The Morgan fingerprint density at radius 1 is 1.08 bits per heavy atom. The minimum atomic E-state index is -3.40. The predicted octanol–water partition coefficient (Wildman–Crippen LogP) is 3.15. The number of ether oxygens (including phenoxy) is 2. The lowest BCUT2D eigenvalue weighted by molar-refractivity contribution is 0.318. The number of sulfonamides is 1. The number of rotatable bonds is 5. The minimum Gasteiger partial charge on any atom is -0.493 e. The number of benzene rings is 2. The second-order valence-corrected chi connectivity index (χ2v) is 8.11. The van der Waals surface area contributed by atoms with Crippen LogP contribution in [0.5, 0.6) is 11.5 Å².